The zero-order chi connectivity index (χ0) is 11.7. The summed E-state index contributed by atoms with van der Waals surface area (Å²) in [5.74, 6) is 0.815. The molecule has 0 atom stereocenters. The highest BCUT2D eigenvalue weighted by Crippen LogP contribution is 2.27. The fourth-order valence-electron chi connectivity index (χ4n) is 2.15. The Balaban J connectivity index is 2.06. The highest BCUT2D eigenvalue weighted by molar-refractivity contribution is 5.96. The van der Waals surface area contributed by atoms with Crippen LogP contribution >= 0.6 is 0 Å². The van der Waals surface area contributed by atoms with E-state index in [2.05, 4.69) is 12.2 Å². The first kappa shape index (κ1) is 11.0. The average Bonchev–Trinajstić information content (AvgIpc) is 2.19. The normalized spacial score (nSPS) is 23.6. The van der Waals surface area contributed by atoms with Crippen LogP contribution in [0.1, 0.15) is 35.7 Å². The van der Waals surface area contributed by atoms with Crippen molar-refractivity contribution in [1.29, 1.82) is 0 Å². The van der Waals surface area contributed by atoms with Crippen molar-refractivity contribution in [1.82, 2.24) is 5.32 Å². The molecule has 1 saturated carbocycles. The van der Waals surface area contributed by atoms with Crippen molar-refractivity contribution < 1.29 is 9.90 Å². The molecule has 86 valence electrons. The molecule has 0 heterocycles. The lowest BCUT2D eigenvalue weighted by Crippen LogP contribution is -2.43. The highest BCUT2D eigenvalue weighted by atomic mass is 16.3. The highest BCUT2D eigenvalue weighted by Gasteiger charge is 2.27. The second-order valence-electron chi connectivity index (χ2n) is 4.70. The number of benzene rings is 1. The van der Waals surface area contributed by atoms with Crippen molar-refractivity contribution in [3.8, 4) is 5.75 Å². The largest absolute Gasteiger partial charge is 0.508 e. The van der Waals surface area contributed by atoms with E-state index in [9.17, 15) is 9.90 Å². The molecule has 0 spiro atoms. The van der Waals surface area contributed by atoms with Crippen molar-refractivity contribution in [2.75, 3.05) is 0 Å². The molecule has 0 aromatic heterocycles. The lowest BCUT2D eigenvalue weighted by molar-refractivity contribution is 0.0895. The van der Waals surface area contributed by atoms with E-state index in [-0.39, 0.29) is 11.7 Å². The van der Waals surface area contributed by atoms with Gasteiger partial charge in [0.2, 0.25) is 0 Å². The number of rotatable bonds is 2. The maximum Gasteiger partial charge on any atom is 0.251 e. The van der Waals surface area contributed by atoms with Gasteiger partial charge in [0, 0.05) is 17.2 Å². The standard InChI is InChI=1S/C13H17NO2/c1-8-6-10(7-8)14-13(16)11-4-3-5-12(15)9(11)2/h3-5,8,10,15H,6-7H2,1-2H3,(H,14,16). The summed E-state index contributed by atoms with van der Waals surface area (Å²) in [7, 11) is 0. The van der Waals surface area contributed by atoms with E-state index < -0.39 is 0 Å². The smallest absolute Gasteiger partial charge is 0.251 e. The minimum Gasteiger partial charge on any atom is -0.508 e. The predicted molar refractivity (Wildman–Crippen MR) is 62.5 cm³/mol. The molecule has 0 saturated heterocycles. The van der Waals surface area contributed by atoms with Crippen molar-refractivity contribution in [3.05, 3.63) is 29.3 Å². The molecule has 0 radical (unpaired) electrons. The van der Waals surface area contributed by atoms with Gasteiger partial charge in [0.1, 0.15) is 5.75 Å². The van der Waals surface area contributed by atoms with Gasteiger partial charge in [-0.15, -0.1) is 0 Å². The van der Waals surface area contributed by atoms with Gasteiger partial charge in [-0.25, -0.2) is 0 Å². The van der Waals surface area contributed by atoms with Crippen LogP contribution in [0.25, 0.3) is 0 Å². The summed E-state index contributed by atoms with van der Waals surface area (Å²) in [5, 5.41) is 12.5. The van der Waals surface area contributed by atoms with Crippen molar-refractivity contribution >= 4 is 5.91 Å². The Kier molecular flexibility index (Phi) is 2.86. The number of carbonyl (C=O) groups excluding carboxylic acids is 1. The van der Waals surface area contributed by atoms with Gasteiger partial charge in [-0.2, -0.15) is 0 Å². The van der Waals surface area contributed by atoms with Gasteiger partial charge < -0.3 is 10.4 Å². The third-order valence-corrected chi connectivity index (χ3v) is 3.26. The fourth-order valence-corrected chi connectivity index (χ4v) is 2.15. The number of phenols is 1. The van der Waals surface area contributed by atoms with Gasteiger partial charge in [-0.3, -0.25) is 4.79 Å². The van der Waals surface area contributed by atoms with Gasteiger partial charge in [0.15, 0.2) is 0 Å². The number of carbonyl (C=O) groups is 1. The molecule has 1 amide bonds. The molecule has 1 aliphatic carbocycles. The van der Waals surface area contributed by atoms with Gasteiger partial charge in [-0.1, -0.05) is 13.0 Å². The number of phenolic OH excluding ortho intramolecular Hbond substituents is 1. The van der Waals surface area contributed by atoms with Gasteiger partial charge >= 0.3 is 0 Å². The number of hydrogen-bond donors (Lipinski definition) is 2. The minimum atomic E-state index is -0.0784. The van der Waals surface area contributed by atoms with Crippen LogP contribution in [0.5, 0.6) is 5.75 Å². The molecule has 0 bridgehead atoms. The Labute approximate surface area is 95.5 Å². The van der Waals surface area contributed by atoms with E-state index in [4.69, 9.17) is 0 Å². The first-order valence-electron chi connectivity index (χ1n) is 5.67. The summed E-state index contributed by atoms with van der Waals surface area (Å²) >= 11 is 0. The van der Waals surface area contributed by atoms with Gasteiger partial charge in [-0.05, 0) is 37.8 Å². The maximum atomic E-state index is 11.9. The van der Waals surface area contributed by atoms with Crippen LogP contribution in [0.4, 0.5) is 0 Å². The van der Waals surface area contributed by atoms with E-state index >= 15 is 0 Å². The first-order chi connectivity index (χ1) is 7.58. The molecule has 1 aromatic carbocycles. The minimum absolute atomic E-state index is 0.0784. The Morgan fingerprint density at radius 3 is 2.75 bits per heavy atom. The molecule has 2 rings (SSSR count). The molecule has 1 aromatic rings. The molecular weight excluding hydrogens is 202 g/mol. The third-order valence-electron chi connectivity index (χ3n) is 3.26. The molecule has 3 heteroatoms. The Morgan fingerprint density at radius 1 is 1.44 bits per heavy atom. The molecule has 3 nitrogen and oxygen atoms in total. The summed E-state index contributed by atoms with van der Waals surface area (Å²) < 4.78 is 0. The third kappa shape index (κ3) is 2.03. The maximum absolute atomic E-state index is 11.9. The quantitative estimate of drug-likeness (QED) is 0.801. The Bertz CT molecular complexity index is 408. The van der Waals surface area contributed by atoms with E-state index in [1.165, 1.54) is 0 Å². The zero-order valence-electron chi connectivity index (χ0n) is 9.66. The second-order valence-corrected chi connectivity index (χ2v) is 4.70. The van der Waals surface area contributed by atoms with Crippen LogP contribution in [0.3, 0.4) is 0 Å². The monoisotopic (exact) mass is 219 g/mol. The van der Waals surface area contributed by atoms with Crippen LogP contribution in [0.15, 0.2) is 18.2 Å². The van der Waals surface area contributed by atoms with Crippen LogP contribution < -0.4 is 5.32 Å². The van der Waals surface area contributed by atoms with E-state index in [0.717, 1.165) is 18.8 Å². The summed E-state index contributed by atoms with van der Waals surface area (Å²) in [4.78, 5) is 11.9. The molecular formula is C13H17NO2. The summed E-state index contributed by atoms with van der Waals surface area (Å²) in [6.07, 6.45) is 2.12. The molecule has 1 aliphatic rings. The predicted octanol–water partition coefficient (Wildman–Crippen LogP) is 2.23. The lowest BCUT2D eigenvalue weighted by atomic mass is 9.82. The summed E-state index contributed by atoms with van der Waals surface area (Å²) in [6.45, 7) is 3.94. The molecule has 1 fully saturated rings. The van der Waals surface area contributed by atoms with Crippen molar-refractivity contribution in [3.63, 3.8) is 0 Å². The van der Waals surface area contributed by atoms with Crippen molar-refractivity contribution in [2.24, 2.45) is 5.92 Å². The Morgan fingerprint density at radius 2 is 2.12 bits per heavy atom. The molecule has 2 N–H and O–H groups in total. The van der Waals surface area contributed by atoms with E-state index in [0.29, 0.717) is 17.2 Å². The van der Waals surface area contributed by atoms with Gasteiger partial charge in [0.05, 0.1) is 0 Å². The lowest BCUT2D eigenvalue weighted by Gasteiger charge is -2.33. The van der Waals surface area contributed by atoms with Crippen LogP contribution in [0, 0.1) is 12.8 Å². The number of aromatic hydroxyl groups is 1. The van der Waals surface area contributed by atoms with E-state index in [1.54, 1.807) is 25.1 Å². The second kappa shape index (κ2) is 4.16. The molecule has 0 unspecified atom stereocenters. The van der Waals surface area contributed by atoms with Crippen LogP contribution in [-0.2, 0) is 0 Å². The summed E-state index contributed by atoms with van der Waals surface area (Å²) in [6, 6.07) is 5.34. The van der Waals surface area contributed by atoms with Crippen LogP contribution in [0.2, 0.25) is 0 Å². The topological polar surface area (TPSA) is 49.3 Å². The SMILES string of the molecule is Cc1c(O)cccc1C(=O)NC1CC(C)C1. The number of hydrogen-bond acceptors (Lipinski definition) is 2. The fraction of sp³-hybridized carbons (Fsp3) is 0.462. The Hall–Kier alpha value is -1.51. The van der Waals surface area contributed by atoms with E-state index in [1.807, 2.05) is 0 Å². The molecule has 16 heavy (non-hydrogen) atoms. The zero-order valence-corrected chi connectivity index (χ0v) is 9.66. The average molecular weight is 219 g/mol. The number of nitrogens with one attached hydrogen (secondary N) is 1. The van der Waals surface area contributed by atoms with Gasteiger partial charge in [0.25, 0.3) is 5.91 Å². The molecule has 0 aliphatic heterocycles. The number of amides is 1. The van der Waals surface area contributed by atoms with Crippen LogP contribution in [-0.4, -0.2) is 17.1 Å². The summed E-state index contributed by atoms with van der Waals surface area (Å²) in [5.41, 5.74) is 1.21. The van der Waals surface area contributed by atoms with Crippen molar-refractivity contribution in [2.45, 2.75) is 32.7 Å². The first-order valence-corrected chi connectivity index (χ1v) is 5.67.